The third-order valence-corrected chi connectivity index (χ3v) is 8.14. The molecule has 3 aromatic rings. The summed E-state index contributed by atoms with van der Waals surface area (Å²) in [7, 11) is -2.62. The lowest BCUT2D eigenvalue weighted by Crippen LogP contribution is -2.52. The number of hydrogen-bond donors (Lipinski definition) is 1. The molecule has 10 heteroatoms. The molecule has 0 aliphatic carbocycles. The molecule has 3 aromatic carbocycles. The molecule has 39 heavy (non-hydrogen) atoms. The number of methoxy groups -OCH3 is 1. The maximum atomic E-state index is 14.0. The average molecular weight is 572 g/mol. The van der Waals surface area contributed by atoms with Gasteiger partial charge >= 0.3 is 0 Å². The molecule has 0 aromatic heterocycles. The number of anilines is 1. The molecule has 0 radical (unpaired) electrons. The molecule has 0 saturated heterocycles. The first-order valence-electron chi connectivity index (χ1n) is 12.5. The van der Waals surface area contributed by atoms with Crippen LogP contribution in [0, 0.1) is 6.92 Å². The largest absolute Gasteiger partial charge is 0.497 e. The minimum absolute atomic E-state index is 0.0297. The van der Waals surface area contributed by atoms with E-state index in [0.717, 1.165) is 9.87 Å². The van der Waals surface area contributed by atoms with Crippen LogP contribution in [-0.4, -0.2) is 50.9 Å². The highest BCUT2D eigenvalue weighted by Crippen LogP contribution is 2.30. The number of sulfonamides is 1. The van der Waals surface area contributed by atoms with E-state index in [1.54, 1.807) is 69.5 Å². The second-order valence-corrected chi connectivity index (χ2v) is 11.8. The second kappa shape index (κ2) is 13.0. The van der Waals surface area contributed by atoms with Gasteiger partial charge in [0.25, 0.3) is 10.0 Å². The van der Waals surface area contributed by atoms with Crippen LogP contribution in [-0.2, 0) is 26.2 Å². The molecule has 208 valence electrons. The Morgan fingerprint density at radius 1 is 0.974 bits per heavy atom. The predicted molar refractivity (Wildman–Crippen MR) is 153 cm³/mol. The van der Waals surface area contributed by atoms with Crippen molar-refractivity contribution >= 4 is 39.1 Å². The predicted octanol–water partition coefficient (Wildman–Crippen LogP) is 4.79. The summed E-state index contributed by atoms with van der Waals surface area (Å²) in [6.45, 7) is 6.55. The van der Waals surface area contributed by atoms with E-state index in [-0.39, 0.29) is 29.1 Å². The lowest BCUT2D eigenvalue weighted by molar-refractivity contribution is -0.139. The fourth-order valence-corrected chi connectivity index (χ4v) is 5.70. The Balaban J connectivity index is 2.07. The topological polar surface area (TPSA) is 96.0 Å². The first-order valence-corrected chi connectivity index (χ1v) is 14.3. The zero-order chi connectivity index (χ0) is 28.7. The highest BCUT2D eigenvalue weighted by atomic mass is 35.5. The lowest BCUT2D eigenvalue weighted by Gasteiger charge is -2.32. The van der Waals surface area contributed by atoms with Gasteiger partial charge in [-0.05, 0) is 75.2 Å². The number of benzene rings is 3. The van der Waals surface area contributed by atoms with Crippen molar-refractivity contribution in [2.24, 2.45) is 0 Å². The summed E-state index contributed by atoms with van der Waals surface area (Å²) in [5.74, 6) is -0.303. The van der Waals surface area contributed by atoms with Gasteiger partial charge in [-0.2, -0.15) is 0 Å². The quantitative estimate of drug-likeness (QED) is 0.357. The Kier molecular flexibility index (Phi) is 9.99. The SMILES string of the molecule is COc1cccc(CN(C(=O)CN(c2cc(Cl)ccc2C)S(=O)(=O)c2ccccc2)C(C)C(=O)NC(C)C)c1. The van der Waals surface area contributed by atoms with Crippen LogP contribution in [0.3, 0.4) is 0 Å². The fraction of sp³-hybridized carbons (Fsp3) is 0.310. The third kappa shape index (κ3) is 7.52. The van der Waals surface area contributed by atoms with Gasteiger partial charge < -0.3 is 15.0 Å². The van der Waals surface area contributed by atoms with Crippen LogP contribution in [0.2, 0.25) is 5.02 Å². The Labute approximate surface area is 235 Å². The van der Waals surface area contributed by atoms with Crippen LogP contribution in [0.25, 0.3) is 0 Å². The summed E-state index contributed by atoms with van der Waals surface area (Å²) < 4.78 is 34.1. The fourth-order valence-electron chi connectivity index (χ4n) is 4.04. The summed E-state index contributed by atoms with van der Waals surface area (Å²) in [6, 6.07) is 18.9. The molecule has 0 aliphatic rings. The average Bonchev–Trinajstić information content (AvgIpc) is 2.91. The van der Waals surface area contributed by atoms with Gasteiger partial charge in [0.05, 0.1) is 17.7 Å². The maximum absolute atomic E-state index is 14.0. The van der Waals surface area contributed by atoms with Gasteiger partial charge in [-0.1, -0.05) is 48.0 Å². The number of ether oxygens (including phenoxy) is 1. The standard InChI is InChI=1S/C29H34ClN3O5S/c1-20(2)31-29(35)22(4)32(18-23-10-9-11-25(16-23)38-5)28(34)19-33(27-17-24(30)15-14-21(27)3)39(36,37)26-12-7-6-8-13-26/h6-17,20,22H,18-19H2,1-5H3,(H,31,35). The highest BCUT2D eigenvalue weighted by molar-refractivity contribution is 7.92. The monoisotopic (exact) mass is 571 g/mol. The van der Waals surface area contributed by atoms with Crippen molar-refractivity contribution < 1.29 is 22.7 Å². The van der Waals surface area contributed by atoms with Gasteiger partial charge in [-0.15, -0.1) is 0 Å². The molecule has 0 aliphatic heterocycles. The molecule has 1 atom stereocenters. The van der Waals surface area contributed by atoms with E-state index in [2.05, 4.69) is 5.32 Å². The van der Waals surface area contributed by atoms with Crippen LogP contribution in [0.4, 0.5) is 5.69 Å². The normalized spacial score (nSPS) is 12.1. The minimum Gasteiger partial charge on any atom is -0.497 e. The van der Waals surface area contributed by atoms with E-state index in [9.17, 15) is 18.0 Å². The van der Waals surface area contributed by atoms with Gasteiger partial charge in [0.2, 0.25) is 11.8 Å². The van der Waals surface area contributed by atoms with Gasteiger partial charge in [0, 0.05) is 17.6 Å². The molecule has 0 fully saturated rings. The molecule has 0 bridgehead atoms. The van der Waals surface area contributed by atoms with Gasteiger partial charge in [0.1, 0.15) is 18.3 Å². The number of rotatable bonds is 11. The first-order chi connectivity index (χ1) is 18.4. The smallest absolute Gasteiger partial charge is 0.264 e. The number of amides is 2. The molecule has 0 saturated carbocycles. The summed E-state index contributed by atoms with van der Waals surface area (Å²) in [6.07, 6.45) is 0. The first kappa shape index (κ1) is 30.0. The molecule has 2 amide bonds. The number of nitrogens with zero attached hydrogens (tertiary/aromatic N) is 2. The van der Waals surface area contributed by atoms with Crippen molar-refractivity contribution in [3.05, 3.63) is 88.9 Å². The number of halogens is 1. The molecule has 1 unspecified atom stereocenters. The number of carbonyl (C=O) groups excluding carboxylic acids is 2. The van der Waals surface area contributed by atoms with E-state index in [4.69, 9.17) is 16.3 Å². The molecule has 8 nitrogen and oxygen atoms in total. The summed E-state index contributed by atoms with van der Waals surface area (Å²) in [5, 5.41) is 3.17. The van der Waals surface area contributed by atoms with E-state index in [1.165, 1.54) is 23.1 Å². The van der Waals surface area contributed by atoms with Crippen LogP contribution in [0.15, 0.2) is 77.7 Å². The summed E-state index contributed by atoms with van der Waals surface area (Å²) >= 11 is 6.25. The van der Waals surface area contributed by atoms with Crippen LogP contribution in [0.1, 0.15) is 31.9 Å². The second-order valence-electron chi connectivity index (χ2n) is 9.47. The van der Waals surface area contributed by atoms with Crippen molar-refractivity contribution in [1.82, 2.24) is 10.2 Å². The number of aryl methyl sites for hydroxylation is 1. The zero-order valence-electron chi connectivity index (χ0n) is 22.7. The van der Waals surface area contributed by atoms with Gasteiger partial charge in [-0.3, -0.25) is 13.9 Å². The Bertz CT molecular complexity index is 1410. The van der Waals surface area contributed by atoms with E-state index in [1.807, 2.05) is 19.9 Å². The van der Waals surface area contributed by atoms with Crippen molar-refractivity contribution in [3.8, 4) is 5.75 Å². The van der Waals surface area contributed by atoms with Gasteiger partial charge in [0.15, 0.2) is 0 Å². The minimum atomic E-state index is -4.16. The van der Waals surface area contributed by atoms with Crippen LogP contribution < -0.4 is 14.4 Å². The van der Waals surface area contributed by atoms with E-state index >= 15 is 0 Å². The van der Waals surface area contributed by atoms with E-state index in [0.29, 0.717) is 16.3 Å². The van der Waals surface area contributed by atoms with E-state index < -0.39 is 28.5 Å². The number of carbonyl (C=O) groups is 2. The molecule has 0 heterocycles. The van der Waals surface area contributed by atoms with Crippen molar-refractivity contribution in [3.63, 3.8) is 0 Å². The van der Waals surface area contributed by atoms with Crippen LogP contribution in [0.5, 0.6) is 5.75 Å². The summed E-state index contributed by atoms with van der Waals surface area (Å²) in [5.41, 5.74) is 1.63. The Morgan fingerprint density at radius 3 is 2.31 bits per heavy atom. The molecular formula is C29H34ClN3O5S. The van der Waals surface area contributed by atoms with Gasteiger partial charge in [-0.25, -0.2) is 8.42 Å². The van der Waals surface area contributed by atoms with Crippen molar-refractivity contribution in [1.29, 1.82) is 0 Å². The molecule has 1 N–H and O–H groups in total. The number of hydrogen-bond acceptors (Lipinski definition) is 5. The molecular weight excluding hydrogens is 538 g/mol. The molecule has 0 spiro atoms. The Morgan fingerprint density at radius 2 is 1.67 bits per heavy atom. The summed E-state index contributed by atoms with van der Waals surface area (Å²) in [4.78, 5) is 28.4. The third-order valence-electron chi connectivity index (χ3n) is 6.14. The van der Waals surface area contributed by atoms with Crippen LogP contribution >= 0.6 is 11.6 Å². The highest BCUT2D eigenvalue weighted by Gasteiger charge is 2.33. The Hall–Kier alpha value is -3.56. The number of nitrogens with one attached hydrogen (secondary N) is 1. The van der Waals surface area contributed by atoms with Crippen molar-refractivity contribution in [2.45, 2.75) is 51.2 Å². The van der Waals surface area contributed by atoms with Crippen molar-refractivity contribution in [2.75, 3.05) is 18.0 Å². The lowest BCUT2D eigenvalue weighted by atomic mass is 10.1. The zero-order valence-corrected chi connectivity index (χ0v) is 24.3. The molecule has 3 rings (SSSR count). The maximum Gasteiger partial charge on any atom is 0.264 e.